The van der Waals surface area contributed by atoms with Crippen molar-refractivity contribution >= 4 is 35.8 Å². The third kappa shape index (κ3) is 13.6. The summed E-state index contributed by atoms with van der Waals surface area (Å²) in [6, 6.07) is -0.312. The zero-order valence-corrected chi connectivity index (χ0v) is 22.2. The van der Waals surface area contributed by atoms with E-state index in [-0.39, 0.29) is 63.6 Å². The summed E-state index contributed by atoms with van der Waals surface area (Å²) in [5, 5.41) is 10.5. The maximum atomic E-state index is 12.2. The van der Waals surface area contributed by atoms with Crippen molar-refractivity contribution in [3.05, 3.63) is 12.2 Å². The molecule has 0 radical (unpaired) electrons. The van der Waals surface area contributed by atoms with Crippen LogP contribution in [0.4, 0.5) is 9.59 Å². The number of amides is 6. The number of nitrogens with zero attached hydrogens (tertiary/aromatic N) is 1. The van der Waals surface area contributed by atoms with Crippen molar-refractivity contribution in [2.45, 2.75) is 58.6 Å². The van der Waals surface area contributed by atoms with E-state index in [1.807, 2.05) is 6.92 Å². The molecule has 1 atom stereocenters. The SMILES string of the molecule is CCNC(=O)OCC(COC(=O)NCC)OCCCC(=O)NCC(CC)NC(=O)CCN1C(=O)C=CC1=O. The molecule has 0 aromatic rings. The van der Waals surface area contributed by atoms with Crippen LogP contribution in [0.2, 0.25) is 0 Å². The average molecular weight is 542 g/mol. The average Bonchev–Trinajstić information content (AvgIpc) is 3.21. The number of alkyl carbamates (subject to hydrolysis) is 2. The van der Waals surface area contributed by atoms with Crippen LogP contribution >= 0.6 is 0 Å². The van der Waals surface area contributed by atoms with Gasteiger partial charge in [-0.1, -0.05) is 6.92 Å². The fourth-order valence-electron chi connectivity index (χ4n) is 3.14. The molecule has 1 unspecified atom stereocenters. The van der Waals surface area contributed by atoms with Crippen molar-refractivity contribution in [1.82, 2.24) is 26.2 Å². The molecule has 1 rings (SSSR count). The number of carbonyl (C=O) groups excluding carboxylic acids is 6. The highest BCUT2D eigenvalue weighted by atomic mass is 16.6. The van der Waals surface area contributed by atoms with Crippen LogP contribution in [0, 0.1) is 0 Å². The molecule has 0 bridgehead atoms. The zero-order valence-electron chi connectivity index (χ0n) is 22.2. The molecular formula is C24H39N5O9. The number of imide groups is 1. The van der Waals surface area contributed by atoms with Crippen LogP contribution in [0.1, 0.15) is 46.5 Å². The lowest BCUT2D eigenvalue weighted by Gasteiger charge is -2.19. The zero-order chi connectivity index (χ0) is 28.3. The van der Waals surface area contributed by atoms with Gasteiger partial charge in [0.05, 0.1) is 0 Å². The highest BCUT2D eigenvalue weighted by molar-refractivity contribution is 6.13. The quantitative estimate of drug-likeness (QED) is 0.137. The molecule has 0 aromatic carbocycles. The van der Waals surface area contributed by atoms with Crippen LogP contribution in [0.25, 0.3) is 0 Å². The lowest BCUT2D eigenvalue weighted by Crippen LogP contribution is -2.44. The van der Waals surface area contributed by atoms with Gasteiger partial charge in [0.25, 0.3) is 11.8 Å². The molecule has 14 nitrogen and oxygen atoms in total. The van der Waals surface area contributed by atoms with Crippen LogP contribution in [0.5, 0.6) is 0 Å². The number of rotatable bonds is 18. The summed E-state index contributed by atoms with van der Waals surface area (Å²) in [6.45, 7) is 6.24. The highest BCUT2D eigenvalue weighted by Crippen LogP contribution is 2.05. The molecule has 1 aliphatic rings. The summed E-state index contributed by atoms with van der Waals surface area (Å²) in [5.74, 6) is -1.46. The van der Waals surface area contributed by atoms with E-state index in [9.17, 15) is 28.8 Å². The fourth-order valence-corrected chi connectivity index (χ4v) is 3.14. The molecule has 0 spiro atoms. The second kappa shape index (κ2) is 18.5. The van der Waals surface area contributed by atoms with E-state index in [0.717, 1.165) is 17.1 Å². The van der Waals surface area contributed by atoms with Crippen molar-refractivity contribution in [2.75, 3.05) is 46.0 Å². The Morgan fingerprint density at radius 2 is 1.42 bits per heavy atom. The predicted octanol–water partition coefficient (Wildman–Crippen LogP) is -0.0299. The number of hydrogen-bond acceptors (Lipinski definition) is 9. The van der Waals surface area contributed by atoms with Gasteiger partial charge in [-0.2, -0.15) is 0 Å². The molecule has 4 N–H and O–H groups in total. The normalized spacial score (nSPS) is 13.3. The van der Waals surface area contributed by atoms with E-state index in [0.29, 0.717) is 25.9 Å². The molecule has 1 heterocycles. The van der Waals surface area contributed by atoms with Crippen molar-refractivity contribution in [3.63, 3.8) is 0 Å². The van der Waals surface area contributed by atoms with E-state index in [4.69, 9.17) is 14.2 Å². The van der Waals surface area contributed by atoms with Crippen LogP contribution < -0.4 is 21.3 Å². The Morgan fingerprint density at radius 3 is 1.95 bits per heavy atom. The summed E-state index contributed by atoms with van der Waals surface area (Å²) in [6.07, 6.45) is 1.43. The second-order valence-electron chi connectivity index (χ2n) is 8.24. The number of ether oxygens (including phenoxy) is 3. The summed E-state index contributed by atoms with van der Waals surface area (Å²) in [4.78, 5) is 71.6. The third-order valence-electron chi connectivity index (χ3n) is 5.21. The Kier molecular flexibility index (Phi) is 15.8. The Balaban J connectivity index is 2.32. The second-order valence-corrected chi connectivity index (χ2v) is 8.24. The van der Waals surface area contributed by atoms with Gasteiger partial charge in [-0.25, -0.2) is 9.59 Å². The number of carbonyl (C=O) groups is 6. The van der Waals surface area contributed by atoms with Gasteiger partial charge >= 0.3 is 12.2 Å². The van der Waals surface area contributed by atoms with Crippen LogP contribution in [-0.4, -0.2) is 98.9 Å². The Labute approximate surface area is 222 Å². The van der Waals surface area contributed by atoms with Gasteiger partial charge in [-0.3, -0.25) is 24.1 Å². The smallest absolute Gasteiger partial charge is 0.407 e. The molecule has 38 heavy (non-hydrogen) atoms. The van der Waals surface area contributed by atoms with Gasteiger partial charge in [-0.05, 0) is 26.7 Å². The molecule has 214 valence electrons. The van der Waals surface area contributed by atoms with Gasteiger partial charge < -0.3 is 35.5 Å². The minimum absolute atomic E-state index is 0.0110. The van der Waals surface area contributed by atoms with Crippen molar-refractivity contribution in [3.8, 4) is 0 Å². The summed E-state index contributed by atoms with van der Waals surface area (Å²) >= 11 is 0. The first kappa shape index (κ1) is 32.3. The summed E-state index contributed by atoms with van der Waals surface area (Å²) in [5.41, 5.74) is 0. The molecule has 0 saturated carbocycles. The van der Waals surface area contributed by atoms with Gasteiger partial charge in [0.15, 0.2) is 0 Å². The van der Waals surface area contributed by atoms with E-state index in [1.165, 1.54) is 0 Å². The Bertz CT molecular complexity index is 809. The van der Waals surface area contributed by atoms with Gasteiger partial charge in [-0.15, -0.1) is 0 Å². The number of nitrogens with one attached hydrogen (secondary N) is 4. The standard InChI is InChI=1S/C24H39N5O9/c1-4-17(28-20(31)11-12-29-21(32)9-10-22(29)33)14-27-19(30)8-7-13-36-18(15-37-23(34)25-5-2)16-38-24(35)26-6-3/h9-10,17-18H,4-8,11-16H2,1-3H3,(H,25,34)(H,26,35)(H,27,30)(H,28,31). The number of hydrogen-bond donors (Lipinski definition) is 4. The topological polar surface area (TPSA) is 181 Å². The molecule has 6 amide bonds. The van der Waals surface area contributed by atoms with E-state index >= 15 is 0 Å². The molecule has 1 aliphatic heterocycles. The van der Waals surface area contributed by atoms with Gasteiger partial charge in [0, 0.05) is 63.8 Å². The Morgan fingerprint density at radius 1 is 0.842 bits per heavy atom. The first-order valence-electron chi connectivity index (χ1n) is 12.7. The van der Waals surface area contributed by atoms with Crippen molar-refractivity contribution < 1.29 is 43.0 Å². The minimum atomic E-state index is -0.704. The maximum absolute atomic E-state index is 12.2. The monoisotopic (exact) mass is 541 g/mol. The molecule has 14 heteroatoms. The molecule has 0 saturated heterocycles. The van der Waals surface area contributed by atoms with Crippen molar-refractivity contribution in [1.29, 1.82) is 0 Å². The molecule has 0 aromatic heterocycles. The first-order chi connectivity index (χ1) is 18.2. The summed E-state index contributed by atoms with van der Waals surface area (Å²) in [7, 11) is 0. The first-order valence-corrected chi connectivity index (χ1v) is 12.7. The van der Waals surface area contributed by atoms with Crippen LogP contribution in [-0.2, 0) is 33.4 Å². The van der Waals surface area contributed by atoms with Crippen molar-refractivity contribution in [2.24, 2.45) is 0 Å². The lowest BCUT2D eigenvalue weighted by atomic mass is 10.2. The third-order valence-corrected chi connectivity index (χ3v) is 5.21. The largest absolute Gasteiger partial charge is 0.447 e. The molecule has 0 aliphatic carbocycles. The summed E-state index contributed by atoms with van der Waals surface area (Å²) < 4.78 is 15.7. The van der Waals surface area contributed by atoms with Crippen LogP contribution in [0.15, 0.2) is 12.2 Å². The molecule has 0 fully saturated rings. The highest BCUT2D eigenvalue weighted by Gasteiger charge is 2.24. The van der Waals surface area contributed by atoms with E-state index in [2.05, 4.69) is 21.3 Å². The van der Waals surface area contributed by atoms with Gasteiger partial charge in [0.2, 0.25) is 11.8 Å². The minimum Gasteiger partial charge on any atom is -0.447 e. The fraction of sp³-hybridized carbons (Fsp3) is 0.667. The predicted molar refractivity (Wildman–Crippen MR) is 135 cm³/mol. The maximum Gasteiger partial charge on any atom is 0.407 e. The van der Waals surface area contributed by atoms with E-state index < -0.39 is 30.1 Å². The molecular weight excluding hydrogens is 502 g/mol. The van der Waals surface area contributed by atoms with Gasteiger partial charge in [0.1, 0.15) is 19.3 Å². The van der Waals surface area contributed by atoms with E-state index in [1.54, 1.807) is 13.8 Å². The van der Waals surface area contributed by atoms with Crippen LogP contribution in [0.3, 0.4) is 0 Å². The lowest BCUT2D eigenvalue weighted by molar-refractivity contribution is -0.137. The Hall–Kier alpha value is -3.68.